The van der Waals surface area contributed by atoms with Gasteiger partial charge in [-0.15, -0.1) is 0 Å². The summed E-state index contributed by atoms with van der Waals surface area (Å²) in [6.45, 7) is 2.40. The molecule has 2 amide bonds. The van der Waals surface area contributed by atoms with E-state index < -0.39 is 6.03 Å². The number of hydrogen-bond donors (Lipinski definition) is 3. The van der Waals surface area contributed by atoms with Gasteiger partial charge in [-0.2, -0.15) is 0 Å². The van der Waals surface area contributed by atoms with Gasteiger partial charge in [0.2, 0.25) is 0 Å². The molecular weight excluding hydrogens is 276 g/mol. The van der Waals surface area contributed by atoms with Crippen LogP contribution in [0.1, 0.15) is 11.1 Å². The fourth-order valence-corrected chi connectivity index (χ4v) is 1.94. The summed E-state index contributed by atoms with van der Waals surface area (Å²) in [5, 5.41) is 15.2. The van der Waals surface area contributed by atoms with Crippen LogP contribution in [0.2, 0.25) is 5.02 Å². The number of phenols is 1. The van der Waals surface area contributed by atoms with Crippen LogP contribution in [0.3, 0.4) is 0 Å². The van der Waals surface area contributed by atoms with Gasteiger partial charge in [-0.05, 0) is 30.2 Å². The van der Waals surface area contributed by atoms with Gasteiger partial charge >= 0.3 is 6.03 Å². The van der Waals surface area contributed by atoms with Crippen molar-refractivity contribution < 1.29 is 9.90 Å². The van der Waals surface area contributed by atoms with Gasteiger partial charge in [0, 0.05) is 6.54 Å². The van der Waals surface area contributed by atoms with Crippen LogP contribution < -0.4 is 10.6 Å². The lowest BCUT2D eigenvalue weighted by Crippen LogP contribution is -2.28. The third-order valence-electron chi connectivity index (χ3n) is 2.94. The summed E-state index contributed by atoms with van der Waals surface area (Å²) >= 11 is 5.77. The van der Waals surface area contributed by atoms with Gasteiger partial charge < -0.3 is 15.7 Å². The highest BCUT2D eigenvalue weighted by atomic mass is 35.5. The van der Waals surface area contributed by atoms with Gasteiger partial charge in [-0.3, -0.25) is 0 Å². The number of halogens is 1. The number of carbonyl (C=O) groups is 1. The lowest BCUT2D eigenvalue weighted by atomic mass is 10.1. The van der Waals surface area contributed by atoms with Gasteiger partial charge in [0.15, 0.2) is 5.75 Å². The average molecular weight is 291 g/mol. The summed E-state index contributed by atoms with van der Waals surface area (Å²) in [5.41, 5.74) is 2.43. The van der Waals surface area contributed by atoms with E-state index in [-0.39, 0.29) is 16.5 Å². The smallest absolute Gasteiger partial charge is 0.319 e. The molecule has 0 aliphatic rings. The minimum Gasteiger partial charge on any atom is -0.504 e. The number of urea groups is 1. The molecule has 0 bridgehead atoms. The van der Waals surface area contributed by atoms with Gasteiger partial charge in [-0.25, -0.2) is 4.79 Å². The van der Waals surface area contributed by atoms with Crippen LogP contribution in [0.15, 0.2) is 42.5 Å². The van der Waals surface area contributed by atoms with Crippen molar-refractivity contribution >= 4 is 23.3 Å². The molecular formula is C15H15ClN2O2. The lowest BCUT2D eigenvalue weighted by Gasteiger charge is -2.10. The van der Waals surface area contributed by atoms with E-state index in [1.54, 1.807) is 18.2 Å². The Morgan fingerprint density at radius 1 is 1.20 bits per heavy atom. The second-order valence-corrected chi connectivity index (χ2v) is 4.78. The number of aromatic hydroxyl groups is 1. The van der Waals surface area contributed by atoms with Gasteiger partial charge in [0.1, 0.15) is 0 Å². The van der Waals surface area contributed by atoms with Crippen molar-refractivity contribution in [1.29, 1.82) is 0 Å². The number of nitrogens with one attached hydrogen (secondary N) is 2. The number of para-hydroxylation sites is 1. The van der Waals surface area contributed by atoms with Crippen molar-refractivity contribution in [2.45, 2.75) is 13.5 Å². The first-order chi connectivity index (χ1) is 9.58. The van der Waals surface area contributed by atoms with E-state index in [1.807, 2.05) is 31.2 Å². The Kier molecular flexibility index (Phi) is 4.48. The normalized spacial score (nSPS) is 10.1. The van der Waals surface area contributed by atoms with E-state index >= 15 is 0 Å². The first kappa shape index (κ1) is 14.2. The van der Waals surface area contributed by atoms with E-state index in [9.17, 15) is 9.90 Å². The van der Waals surface area contributed by atoms with E-state index in [2.05, 4.69) is 10.6 Å². The molecule has 0 saturated heterocycles. The fraction of sp³-hybridized carbons (Fsp3) is 0.133. The molecule has 0 spiro atoms. The van der Waals surface area contributed by atoms with E-state index in [0.29, 0.717) is 6.54 Å². The average Bonchev–Trinajstić information content (AvgIpc) is 2.43. The lowest BCUT2D eigenvalue weighted by molar-refractivity contribution is 0.251. The highest BCUT2D eigenvalue weighted by Crippen LogP contribution is 2.30. The summed E-state index contributed by atoms with van der Waals surface area (Å²) < 4.78 is 0. The second kappa shape index (κ2) is 6.30. The third kappa shape index (κ3) is 3.42. The zero-order chi connectivity index (χ0) is 14.5. The predicted molar refractivity (Wildman–Crippen MR) is 80.2 cm³/mol. The number of rotatable bonds is 3. The molecule has 0 aliphatic carbocycles. The van der Waals surface area contributed by atoms with Crippen LogP contribution in [0.5, 0.6) is 5.75 Å². The van der Waals surface area contributed by atoms with Crippen LogP contribution in [-0.4, -0.2) is 11.1 Å². The summed E-state index contributed by atoms with van der Waals surface area (Å²) in [5.74, 6) is -0.139. The van der Waals surface area contributed by atoms with Crippen molar-refractivity contribution in [1.82, 2.24) is 5.32 Å². The minimum atomic E-state index is -0.397. The Morgan fingerprint density at radius 2 is 1.95 bits per heavy atom. The highest BCUT2D eigenvalue weighted by molar-refractivity contribution is 6.32. The van der Waals surface area contributed by atoms with Crippen molar-refractivity contribution in [3.8, 4) is 5.75 Å². The molecule has 2 rings (SSSR count). The largest absolute Gasteiger partial charge is 0.504 e. The quantitative estimate of drug-likeness (QED) is 0.755. The summed E-state index contributed by atoms with van der Waals surface area (Å²) in [6, 6.07) is 12.2. The molecule has 0 fully saturated rings. The molecule has 104 valence electrons. The maximum Gasteiger partial charge on any atom is 0.319 e. The molecule has 0 unspecified atom stereocenters. The fourth-order valence-electron chi connectivity index (χ4n) is 1.77. The first-order valence-electron chi connectivity index (χ1n) is 6.15. The number of phenolic OH excluding ortho intramolecular Hbond substituents is 1. The van der Waals surface area contributed by atoms with Crippen LogP contribution >= 0.6 is 11.6 Å². The molecule has 0 atom stereocenters. The standard InChI is InChI=1S/C15H15ClN2O2/c1-10-5-2-3-6-11(10)9-17-15(20)18-13-8-4-7-12(16)14(13)19/h2-8,19H,9H2,1H3,(H2,17,18,20). The molecule has 0 saturated carbocycles. The highest BCUT2D eigenvalue weighted by Gasteiger charge is 2.08. The maximum atomic E-state index is 11.8. The van der Waals surface area contributed by atoms with Crippen molar-refractivity contribution in [3.05, 3.63) is 58.6 Å². The second-order valence-electron chi connectivity index (χ2n) is 4.37. The molecule has 0 aromatic heterocycles. The Hall–Kier alpha value is -2.20. The Balaban J connectivity index is 1.96. The van der Waals surface area contributed by atoms with E-state index in [4.69, 9.17) is 11.6 Å². The molecule has 0 heterocycles. The molecule has 0 aliphatic heterocycles. The minimum absolute atomic E-state index is 0.139. The zero-order valence-electron chi connectivity index (χ0n) is 11.0. The van der Waals surface area contributed by atoms with Crippen LogP contribution in [-0.2, 0) is 6.54 Å². The number of carbonyl (C=O) groups excluding carboxylic acids is 1. The SMILES string of the molecule is Cc1ccccc1CNC(=O)Nc1cccc(Cl)c1O. The molecule has 5 heteroatoms. The number of amides is 2. The number of benzene rings is 2. The maximum absolute atomic E-state index is 11.8. The summed E-state index contributed by atoms with van der Waals surface area (Å²) in [7, 11) is 0. The summed E-state index contributed by atoms with van der Waals surface area (Å²) in [4.78, 5) is 11.8. The molecule has 20 heavy (non-hydrogen) atoms. The predicted octanol–water partition coefficient (Wildman–Crippen LogP) is 3.68. The third-order valence-corrected chi connectivity index (χ3v) is 3.24. The monoisotopic (exact) mass is 290 g/mol. The van der Waals surface area contributed by atoms with Crippen LogP contribution in [0.4, 0.5) is 10.5 Å². The van der Waals surface area contributed by atoms with Crippen molar-refractivity contribution in [2.24, 2.45) is 0 Å². The molecule has 3 N–H and O–H groups in total. The molecule has 0 radical (unpaired) electrons. The Morgan fingerprint density at radius 3 is 2.70 bits per heavy atom. The van der Waals surface area contributed by atoms with Gasteiger partial charge in [0.05, 0.1) is 10.7 Å². The first-order valence-corrected chi connectivity index (χ1v) is 6.52. The van der Waals surface area contributed by atoms with Crippen LogP contribution in [0, 0.1) is 6.92 Å². The van der Waals surface area contributed by atoms with Gasteiger partial charge in [-0.1, -0.05) is 41.9 Å². The molecule has 4 nitrogen and oxygen atoms in total. The van der Waals surface area contributed by atoms with E-state index in [0.717, 1.165) is 11.1 Å². The number of aryl methyl sites for hydroxylation is 1. The zero-order valence-corrected chi connectivity index (χ0v) is 11.7. The van der Waals surface area contributed by atoms with Crippen molar-refractivity contribution in [3.63, 3.8) is 0 Å². The topological polar surface area (TPSA) is 61.4 Å². The molecule has 2 aromatic rings. The summed E-state index contributed by atoms with van der Waals surface area (Å²) in [6.07, 6.45) is 0. The molecule has 2 aromatic carbocycles. The number of hydrogen-bond acceptors (Lipinski definition) is 2. The Bertz CT molecular complexity index is 629. The van der Waals surface area contributed by atoms with Gasteiger partial charge in [0.25, 0.3) is 0 Å². The number of anilines is 1. The van der Waals surface area contributed by atoms with E-state index in [1.165, 1.54) is 0 Å². The Labute approximate surface area is 122 Å². The van der Waals surface area contributed by atoms with Crippen molar-refractivity contribution in [2.75, 3.05) is 5.32 Å². The van der Waals surface area contributed by atoms with Crippen LogP contribution in [0.25, 0.3) is 0 Å².